The Kier molecular flexibility index (Phi) is 6.09. The number of carbonyl (C=O) groups is 1. The summed E-state index contributed by atoms with van der Waals surface area (Å²) in [6, 6.07) is 1.79. The molecule has 4 nitrogen and oxygen atoms in total. The second-order valence-electron chi connectivity index (χ2n) is 5.35. The summed E-state index contributed by atoms with van der Waals surface area (Å²) in [5, 5.41) is 3.48. The van der Waals surface area contributed by atoms with Gasteiger partial charge in [0.1, 0.15) is 5.60 Å². The molecule has 0 aliphatic carbocycles. The average molecular weight is 285 g/mol. The molecule has 106 valence electrons. The zero-order chi connectivity index (χ0) is 14.3. The molecule has 0 spiro atoms. The van der Waals surface area contributed by atoms with Crippen molar-refractivity contribution in [1.29, 1.82) is 0 Å². The quantitative estimate of drug-likeness (QED) is 0.841. The number of hydrogen-bond acceptors (Lipinski definition) is 3. The van der Waals surface area contributed by atoms with Crippen LogP contribution in [-0.2, 0) is 11.2 Å². The monoisotopic (exact) mass is 284 g/mol. The number of amides is 1. The Labute approximate surface area is 119 Å². The highest BCUT2D eigenvalue weighted by molar-refractivity contribution is 6.31. The van der Waals surface area contributed by atoms with Crippen LogP contribution in [0, 0.1) is 0 Å². The van der Waals surface area contributed by atoms with E-state index in [0.29, 0.717) is 6.54 Å². The Bertz CT molecular complexity index is 416. The van der Waals surface area contributed by atoms with Gasteiger partial charge >= 0.3 is 6.09 Å². The van der Waals surface area contributed by atoms with Crippen LogP contribution in [0.25, 0.3) is 0 Å². The molecule has 0 bridgehead atoms. The van der Waals surface area contributed by atoms with Crippen molar-refractivity contribution in [2.45, 2.75) is 45.6 Å². The fraction of sp³-hybridized carbons (Fsp3) is 0.571. The van der Waals surface area contributed by atoms with Gasteiger partial charge < -0.3 is 10.1 Å². The number of pyridine rings is 1. The Morgan fingerprint density at radius 1 is 1.42 bits per heavy atom. The van der Waals surface area contributed by atoms with E-state index < -0.39 is 5.60 Å². The van der Waals surface area contributed by atoms with Crippen molar-refractivity contribution < 1.29 is 9.53 Å². The number of hydrogen-bond donors (Lipinski definition) is 1. The fourth-order valence-corrected chi connectivity index (χ4v) is 1.74. The van der Waals surface area contributed by atoms with Crippen molar-refractivity contribution in [2.24, 2.45) is 0 Å². The summed E-state index contributed by atoms with van der Waals surface area (Å²) >= 11 is 6.03. The highest BCUT2D eigenvalue weighted by Crippen LogP contribution is 2.15. The third kappa shape index (κ3) is 7.01. The molecule has 1 heterocycles. The lowest BCUT2D eigenvalue weighted by atomic mass is 10.1. The molecule has 0 saturated carbocycles. The van der Waals surface area contributed by atoms with E-state index >= 15 is 0 Å². The van der Waals surface area contributed by atoms with Gasteiger partial charge in [-0.25, -0.2) is 4.79 Å². The minimum absolute atomic E-state index is 0.369. The zero-order valence-corrected chi connectivity index (χ0v) is 12.5. The van der Waals surface area contributed by atoms with Crippen LogP contribution in [-0.4, -0.2) is 23.2 Å². The van der Waals surface area contributed by atoms with Crippen LogP contribution in [0.2, 0.25) is 5.02 Å². The van der Waals surface area contributed by atoms with Crippen LogP contribution < -0.4 is 5.32 Å². The molecule has 0 atom stereocenters. The molecule has 0 aromatic carbocycles. The van der Waals surface area contributed by atoms with Gasteiger partial charge in [-0.1, -0.05) is 11.6 Å². The van der Waals surface area contributed by atoms with Gasteiger partial charge in [-0.05, 0) is 51.7 Å². The fourth-order valence-electron chi connectivity index (χ4n) is 1.54. The van der Waals surface area contributed by atoms with Gasteiger partial charge in [-0.3, -0.25) is 4.98 Å². The third-order valence-corrected chi connectivity index (χ3v) is 2.75. The molecule has 0 aliphatic rings. The molecule has 0 radical (unpaired) electrons. The zero-order valence-electron chi connectivity index (χ0n) is 11.7. The number of nitrogens with one attached hydrogen (secondary N) is 1. The molecule has 1 amide bonds. The summed E-state index contributed by atoms with van der Waals surface area (Å²) < 4.78 is 5.14. The standard InChI is InChI=1S/C14H21ClN2O2/c1-14(2,3)19-13(18)17-8-5-4-6-11-10-16-9-7-12(11)15/h7,9-10H,4-6,8H2,1-3H3,(H,17,18). The highest BCUT2D eigenvalue weighted by atomic mass is 35.5. The molecule has 0 saturated heterocycles. The topological polar surface area (TPSA) is 51.2 Å². The van der Waals surface area contributed by atoms with E-state index in [-0.39, 0.29) is 6.09 Å². The van der Waals surface area contributed by atoms with Crippen LogP contribution in [0.4, 0.5) is 4.79 Å². The number of aromatic nitrogens is 1. The van der Waals surface area contributed by atoms with Gasteiger partial charge in [0, 0.05) is 24.0 Å². The molecule has 0 aliphatic heterocycles. The second-order valence-corrected chi connectivity index (χ2v) is 5.76. The van der Waals surface area contributed by atoms with Crippen molar-refractivity contribution in [3.05, 3.63) is 29.0 Å². The summed E-state index contributed by atoms with van der Waals surface area (Å²) in [5.41, 5.74) is 0.592. The molecule has 1 aromatic heterocycles. The predicted octanol–water partition coefficient (Wildman–Crippen LogP) is 3.58. The largest absolute Gasteiger partial charge is 0.444 e. The normalized spacial score (nSPS) is 11.2. The number of halogens is 1. The number of unbranched alkanes of at least 4 members (excludes halogenated alkanes) is 1. The highest BCUT2D eigenvalue weighted by Gasteiger charge is 2.15. The Morgan fingerprint density at radius 3 is 2.79 bits per heavy atom. The summed E-state index contributed by atoms with van der Waals surface area (Å²) in [4.78, 5) is 15.4. The van der Waals surface area contributed by atoms with E-state index in [4.69, 9.17) is 16.3 Å². The van der Waals surface area contributed by atoms with Crippen molar-refractivity contribution in [3.8, 4) is 0 Å². The number of nitrogens with zero attached hydrogens (tertiary/aromatic N) is 1. The summed E-state index contributed by atoms with van der Waals surface area (Å²) in [6.07, 6.45) is 5.78. The minimum atomic E-state index is -0.451. The van der Waals surface area contributed by atoms with E-state index in [0.717, 1.165) is 29.8 Å². The maximum atomic E-state index is 11.4. The SMILES string of the molecule is CC(C)(C)OC(=O)NCCCCc1cnccc1Cl. The molecule has 19 heavy (non-hydrogen) atoms. The van der Waals surface area contributed by atoms with Gasteiger partial charge in [0.2, 0.25) is 0 Å². The molecule has 1 N–H and O–H groups in total. The molecule has 5 heteroatoms. The first-order chi connectivity index (χ1) is 8.88. The van der Waals surface area contributed by atoms with Crippen molar-refractivity contribution in [3.63, 3.8) is 0 Å². The van der Waals surface area contributed by atoms with E-state index in [2.05, 4.69) is 10.3 Å². The molecular weight excluding hydrogens is 264 g/mol. The Hall–Kier alpha value is -1.29. The average Bonchev–Trinajstić information content (AvgIpc) is 2.28. The summed E-state index contributed by atoms with van der Waals surface area (Å²) in [6.45, 7) is 6.14. The van der Waals surface area contributed by atoms with Gasteiger partial charge in [0.25, 0.3) is 0 Å². The van der Waals surface area contributed by atoms with E-state index in [9.17, 15) is 4.79 Å². The van der Waals surface area contributed by atoms with Gasteiger partial charge in [0.05, 0.1) is 0 Å². The first-order valence-corrected chi connectivity index (χ1v) is 6.81. The lowest BCUT2D eigenvalue weighted by molar-refractivity contribution is 0.0527. The smallest absolute Gasteiger partial charge is 0.407 e. The summed E-state index contributed by atoms with van der Waals surface area (Å²) in [5.74, 6) is 0. The number of carbonyl (C=O) groups excluding carboxylic acids is 1. The Morgan fingerprint density at radius 2 is 2.16 bits per heavy atom. The van der Waals surface area contributed by atoms with Crippen molar-refractivity contribution >= 4 is 17.7 Å². The first-order valence-electron chi connectivity index (χ1n) is 6.44. The van der Waals surface area contributed by atoms with Crippen LogP contribution in [0.15, 0.2) is 18.5 Å². The van der Waals surface area contributed by atoms with Crippen molar-refractivity contribution in [2.75, 3.05) is 6.54 Å². The maximum Gasteiger partial charge on any atom is 0.407 e. The minimum Gasteiger partial charge on any atom is -0.444 e. The van der Waals surface area contributed by atoms with Crippen LogP contribution in [0.3, 0.4) is 0 Å². The number of alkyl carbamates (subject to hydrolysis) is 1. The second kappa shape index (κ2) is 7.34. The van der Waals surface area contributed by atoms with Gasteiger partial charge in [0.15, 0.2) is 0 Å². The predicted molar refractivity (Wildman–Crippen MR) is 76.4 cm³/mol. The van der Waals surface area contributed by atoms with E-state index in [1.54, 1.807) is 18.5 Å². The Balaban J connectivity index is 2.15. The molecule has 1 aromatic rings. The van der Waals surface area contributed by atoms with Crippen LogP contribution >= 0.6 is 11.6 Å². The van der Waals surface area contributed by atoms with E-state index in [1.165, 1.54) is 0 Å². The van der Waals surface area contributed by atoms with E-state index in [1.807, 2.05) is 20.8 Å². The first kappa shape index (κ1) is 15.8. The van der Waals surface area contributed by atoms with Crippen LogP contribution in [0.5, 0.6) is 0 Å². The molecule has 0 fully saturated rings. The van der Waals surface area contributed by atoms with Gasteiger partial charge in [-0.15, -0.1) is 0 Å². The third-order valence-electron chi connectivity index (χ3n) is 2.39. The number of rotatable bonds is 5. The van der Waals surface area contributed by atoms with Crippen LogP contribution in [0.1, 0.15) is 39.2 Å². The lowest BCUT2D eigenvalue weighted by Gasteiger charge is -2.19. The molecule has 1 rings (SSSR count). The summed E-state index contributed by atoms with van der Waals surface area (Å²) in [7, 11) is 0. The molecule has 0 unspecified atom stereocenters. The molecular formula is C14H21ClN2O2. The number of aryl methyl sites for hydroxylation is 1. The van der Waals surface area contributed by atoms with Gasteiger partial charge in [-0.2, -0.15) is 0 Å². The lowest BCUT2D eigenvalue weighted by Crippen LogP contribution is -2.33. The maximum absolute atomic E-state index is 11.4. The van der Waals surface area contributed by atoms with Crippen molar-refractivity contribution in [1.82, 2.24) is 10.3 Å². The number of ether oxygens (including phenoxy) is 1.